The Morgan fingerprint density at radius 2 is 1.78 bits per heavy atom. The molecular weight excluding hydrogens is 570 g/mol. The van der Waals surface area contributed by atoms with Crippen LogP contribution in [0.2, 0.25) is 10.0 Å². The van der Waals surface area contributed by atoms with Gasteiger partial charge >= 0.3 is 0 Å². The Kier molecular flexibility index (Phi) is 6.47. The van der Waals surface area contributed by atoms with Crippen molar-refractivity contribution in [2.75, 3.05) is 23.9 Å². The lowest BCUT2D eigenvalue weighted by Gasteiger charge is -2.36. The van der Waals surface area contributed by atoms with Gasteiger partial charge in [-0.15, -0.1) is 0 Å². The van der Waals surface area contributed by atoms with Crippen LogP contribution in [0.1, 0.15) is 48.6 Å². The molecule has 0 radical (unpaired) electrons. The maximum Gasteiger partial charge on any atom is 0.280 e. The van der Waals surface area contributed by atoms with E-state index in [-0.39, 0.29) is 22.4 Å². The summed E-state index contributed by atoms with van der Waals surface area (Å²) in [7, 11) is 1.53. The molecule has 1 spiro atoms. The first-order valence-corrected chi connectivity index (χ1v) is 13.7. The number of aromatic nitrogens is 2. The molecule has 2 aliphatic rings. The standard InChI is InChI=1S/C30H25Cl2FN4O4/c1-5-41-18-8-9-19(24(14-18)40-4)27-35-25-26(36(27)15(2)3)30(20-10-6-16(31)12-22(20)34-29(30)39)37(28(25)38)23-13-17(32)7-11-21(23)33/h6-15H,5H2,1-4H3,(H,34,39)/t30-/m1/s1. The monoisotopic (exact) mass is 594 g/mol. The van der Waals surface area contributed by atoms with E-state index < -0.39 is 23.2 Å². The third-order valence-electron chi connectivity index (χ3n) is 7.33. The summed E-state index contributed by atoms with van der Waals surface area (Å²) in [6.07, 6.45) is 0. The van der Waals surface area contributed by atoms with Gasteiger partial charge in [0, 0.05) is 33.4 Å². The zero-order valence-corrected chi connectivity index (χ0v) is 24.1. The van der Waals surface area contributed by atoms with Crippen molar-refractivity contribution in [3.8, 4) is 22.9 Å². The molecule has 3 aromatic carbocycles. The van der Waals surface area contributed by atoms with Gasteiger partial charge in [0.05, 0.1) is 30.7 Å². The number of halogens is 3. The van der Waals surface area contributed by atoms with E-state index >= 15 is 4.39 Å². The number of carbonyl (C=O) groups excluding carboxylic acids is 2. The average Bonchev–Trinajstić information content (AvgIpc) is 3.54. The fourth-order valence-electron chi connectivity index (χ4n) is 5.77. The minimum atomic E-state index is -1.80. The zero-order valence-electron chi connectivity index (χ0n) is 22.6. The van der Waals surface area contributed by atoms with Crippen molar-refractivity contribution in [3.05, 3.63) is 87.4 Å². The SMILES string of the molecule is CCOc1ccc(-c2nc3c(n2C(C)C)[C@]2(C(=O)Nc4cc(Cl)ccc42)N(c2cc(Cl)ccc2F)C3=O)c(OC)c1. The van der Waals surface area contributed by atoms with Crippen LogP contribution in [0.25, 0.3) is 11.4 Å². The summed E-state index contributed by atoms with van der Waals surface area (Å²) in [5.74, 6) is -0.410. The highest BCUT2D eigenvalue weighted by Crippen LogP contribution is 2.55. The van der Waals surface area contributed by atoms with Crippen molar-refractivity contribution >= 4 is 46.4 Å². The van der Waals surface area contributed by atoms with Crippen molar-refractivity contribution in [1.29, 1.82) is 0 Å². The predicted octanol–water partition coefficient (Wildman–Crippen LogP) is 6.84. The molecule has 1 aromatic heterocycles. The summed E-state index contributed by atoms with van der Waals surface area (Å²) >= 11 is 12.5. The fourth-order valence-corrected chi connectivity index (χ4v) is 6.11. The van der Waals surface area contributed by atoms with Crippen LogP contribution >= 0.6 is 23.2 Å². The van der Waals surface area contributed by atoms with Gasteiger partial charge in [0.1, 0.15) is 23.1 Å². The van der Waals surface area contributed by atoms with Crippen LogP contribution in [-0.2, 0) is 10.3 Å². The number of nitrogens with one attached hydrogen (secondary N) is 1. The molecule has 2 aliphatic heterocycles. The summed E-state index contributed by atoms with van der Waals surface area (Å²) in [5.41, 5.74) is -0.182. The Bertz CT molecular complexity index is 1750. The maximum atomic E-state index is 15.5. The average molecular weight is 595 g/mol. The van der Waals surface area contributed by atoms with E-state index in [0.717, 1.165) is 11.0 Å². The summed E-state index contributed by atoms with van der Waals surface area (Å²) < 4.78 is 28.6. The van der Waals surface area contributed by atoms with Crippen molar-refractivity contribution in [3.63, 3.8) is 0 Å². The molecule has 0 saturated heterocycles. The van der Waals surface area contributed by atoms with Gasteiger partial charge in [-0.1, -0.05) is 29.3 Å². The van der Waals surface area contributed by atoms with Crippen LogP contribution in [0, 0.1) is 5.82 Å². The largest absolute Gasteiger partial charge is 0.496 e. The van der Waals surface area contributed by atoms with Gasteiger partial charge in [0.15, 0.2) is 11.2 Å². The second kappa shape index (κ2) is 9.78. The zero-order chi connectivity index (χ0) is 29.2. The molecule has 4 aromatic rings. The molecule has 0 saturated carbocycles. The summed E-state index contributed by atoms with van der Waals surface area (Å²) in [6.45, 7) is 6.20. The number of nitrogens with zero attached hydrogens (tertiary/aromatic N) is 3. The summed E-state index contributed by atoms with van der Waals surface area (Å²) in [5, 5.41) is 3.47. The molecule has 0 bridgehead atoms. The topological polar surface area (TPSA) is 85.7 Å². The lowest BCUT2D eigenvalue weighted by atomic mass is 9.87. The van der Waals surface area contributed by atoms with Crippen molar-refractivity contribution in [2.24, 2.45) is 0 Å². The normalized spacial score (nSPS) is 17.3. The van der Waals surface area contributed by atoms with Gasteiger partial charge in [-0.05, 0) is 63.2 Å². The molecule has 0 fully saturated rings. The van der Waals surface area contributed by atoms with E-state index in [9.17, 15) is 9.59 Å². The van der Waals surface area contributed by atoms with E-state index in [0.29, 0.717) is 51.5 Å². The Morgan fingerprint density at radius 1 is 1.05 bits per heavy atom. The number of carbonyl (C=O) groups is 2. The van der Waals surface area contributed by atoms with Crippen LogP contribution in [0.5, 0.6) is 11.5 Å². The van der Waals surface area contributed by atoms with Crippen molar-refractivity contribution < 1.29 is 23.5 Å². The van der Waals surface area contributed by atoms with Gasteiger partial charge < -0.3 is 19.4 Å². The molecule has 2 amide bonds. The van der Waals surface area contributed by atoms with Gasteiger partial charge in [-0.3, -0.25) is 14.5 Å². The Morgan fingerprint density at radius 3 is 2.49 bits per heavy atom. The van der Waals surface area contributed by atoms with Crippen LogP contribution < -0.4 is 19.7 Å². The first-order chi connectivity index (χ1) is 19.6. The highest BCUT2D eigenvalue weighted by molar-refractivity contribution is 6.32. The molecular formula is C30H25Cl2FN4O4. The van der Waals surface area contributed by atoms with E-state index in [1.807, 2.05) is 25.3 Å². The third-order valence-corrected chi connectivity index (χ3v) is 7.80. The van der Waals surface area contributed by atoms with Crippen molar-refractivity contribution in [2.45, 2.75) is 32.4 Å². The number of benzene rings is 3. The predicted molar refractivity (Wildman–Crippen MR) is 155 cm³/mol. The highest BCUT2D eigenvalue weighted by atomic mass is 35.5. The molecule has 6 rings (SSSR count). The smallest absolute Gasteiger partial charge is 0.280 e. The van der Waals surface area contributed by atoms with Gasteiger partial charge in [-0.25, -0.2) is 9.37 Å². The summed E-state index contributed by atoms with van der Waals surface area (Å²) in [4.78, 5) is 34.5. The lowest BCUT2D eigenvalue weighted by Crippen LogP contribution is -2.51. The molecule has 41 heavy (non-hydrogen) atoms. The molecule has 1 atom stereocenters. The molecule has 1 N–H and O–H groups in total. The van der Waals surface area contributed by atoms with E-state index in [4.69, 9.17) is 37.7 Å². The highest BCUT2D eigenvalue weighted by Gasteiger charge is 2.64. The van der Waals surface area contributed by atoms with Gasteiger partial charge in [-0.2, -0.15) is 0 Å². The number of anilines is 2. The Labute approximate surface area is 245 Å². The molecule has 11 heteroatoms. The van der Waals surface area contributed by atoms with Gasteiger partial charge in [0.25, 0.3) is 11.8 Å². The number of hydrogen-bond donors (Lipinski definition) is 1. The quantitative estimate of drug-likeness (QED) is 0.264. The van der Waals surface area contributed by atoms with E-state index in [1.165, 1.54) is 19.2 Å². The molecule has 0 unspecified atom stereocenters. The first kappa shape index (κ1) is 27.1. The Hall–Kier alpha value is -4.08. The van der Waals surface area contributed by atoms with E-state index in [2.05, 4.69) is 5.32 Å². The van der Waals surface area contributed by atoms with Crippen molar-refractivity contribution in [1.82, 2.24) is 9.55 Å². The molecule has 0 aliphatic carbocycles. The Balaban J connectivity index is 1.70. The van der Waals surface area contributed by atoms with Gasteiger partial charge in [0.2, 0.25) is 0 Å². The molecule has 8 nitrogen and oxygen atoms in total. The molecule has 3 heterocycles. The maximum absolute atomic E-state index is 15.5. The fraction of sp³-hybridized carbons (Fsp3) is 0.233. The minimum Gasteiger partial charge on any atom is -0.496 e. The second-order valence-electron chi connectivity index (χ2n) is 9.98. The molecule has 210 valence electrons. The van der Waals surface area contributed by atoms with Crippen LogP contribution in [0.4, 0.5) is 15.8 Å². The van der Waals surface area contributed by atoms with Crippen LogP contribution in [0.3, 0.4) is 0 Å². The number of amides is 2. The number of ether oxygens (including phenoxy) is 2. The van der Waals surface area contributed by atoms with E-state index in [1.54, 1.807) is 36.4 Å². The summed E-state index contributed by atoms with van der Waals surface area (Å²) in [6, 6.07) is 13.8. The number of hydrogen-bond acceptors (Lipinski definition) is 5. The van der Waals surface area contributed by atoms with Crippen LogP contribution in [-0.4, -0.2) is 35.1 Å². The first-order valence-electron chi connectivity index (χ1n) is 13.0. The number of imidazole rings is 1. The lowest BCUT2D eigenvalue weighted by molar-refractivity contribution is -0.119. The number of rotatable bonds is 6. The third kappa shape index (κ3) is 3.83. The minimum absolute atomic E-state index is 0.0157. The second-order valence-corrected chi connectivity index (χ2v) is 10.9. The number of methoxy groups -OCH3 is 1. The number of fused-ring (bicyclic) bond motifs is 4. The van der Waals surface area contributed by atoms with Crippen LogP contribution in [0.15, 0.2) is 54.6 Å².